The highest BCUT2D eigenvalue weighted by Gasteiger charge is 2.25. The van der Waals surface area contributed by atoms with Crippen molar-refractivity contribution in [1.29, 1.82) is 0 Å². The first-order valence-corrected chi connectivity index (χ1v) is 6.65. The monoisotopic (exact) mass is 262 g/mol. The summed E-state index contributed by atoms with van der Waals surface area (Å²) in [4.78, 5) is 7.57. The Hall–Kier alpha value is -0.920. The average molecular weight is 263 g/mol. The van der Waals surface area contributed by atoms with Crippen LogP contribution < -0.4 is 4.72 Å². The van der Waals surface area contributed by atoms with Crippen LogP contribution in [0.4, 0.5) is 5.82 Å². The lowest BCUT2D eigenvalue weighted by Crippen LogP contribution is -2.33. The van der Waals surface area contributed by atoms with Gasteiger partial charge in [-0.25, -0.2) is 9.97 Å². The normalized spacial score (nSPS) is 17.6. The van der Waals surface area contributed by atoms with E-state index in [0.29, 0.717) is 13.1 Å². The summed E-state index contributed by atoms with van der Waals surface area (Å²) in [5.41, 5.74) is 0. The molecule has 1 aliphatic rings. The number of nitrogens with one attached hydrogen (secondary N) is 1. The van der Waals surface area contributed by atoms with Crippen LogP contribution in [0.3, 0.4) is 0 Å². The Morgan fingerprint density at radius 2 is 1.94 bits per heavy atom. The molecule has 1 aromatic heterocycles. The molecular weight excluding hydrogens is 252 g/mol. The summed E-state index contributed by atoms with van der Waals surface area (Å²) in [6, 6.07) is 0. The predicted molar refractivity (Wildman–Crippen MR) is 60.4 cm³/mol. The Labute approximate surface area is 98.8 Å². The fourth-order valence-electron chi connectivity index (χ4n) is 1.49. The van der Waals surface area contributed by atoms with Crippen LogP contribution in [0.1, 0.15) is 12.8 Å². The molecule has 0 saturated carbocycles. The summed E-state index contributed by atoms with van der Waals surface area (Å²) in [5.74, 6) is 0.177. The van der Waals surface area contributed by atoms with Crippen LogP contribution in [0.15, 0.2) is 12.4 Å². The van der Waals surface area contributed by atoms with Gasteiger partial charge in [0.2, 0.25) is 0 Å². The van der Waals surface area contributed by atoms with Crippen molar-refractivity contribution in [3.05, 3.63) is 17.5 Å². The van der Waals surface area contributed by atoms with E-state index in [1.165, 1.54) is 16.7 Å². The third-order valence-corrected chi connectivity index (χ3v) is 3.97. The van der Waals surface area contributed by atoms with Gasteiger partial charge in [-0.1, -0.05) is 11.6 Å². The third-order valence-electron chi connectivity index (χ3n) is 2.26. The highest BCUT2D eigenvalue weighted by molar-refractivity contribution is 7.90. The third kappa shape index (κ3) is 2.60. The minimum absolute atomic E-state index is 0.177. The quantitative estimate of drug-likeness (QED) is 0.878. The number of nitrogens with zero attached hydrogens (tertiary/aromatic N) is 3. The van der Waals surface area contributed by atoms with Gasteiger partial charge in [0.1, 0.15) is 5.15 Å². The van der Waals surface area contributed by atoms with Crippen molar-refractivity contribution < 1.29 is 8.42 Å². The van der Waals surface area contributed by atoms with E-state index in [4.69, 9.17) is 11.6 Å². The summed E-state index contributed by atoms with van der Waals surface area (Å²) in [6.07, 6.45) is 4.37. The van der Waals surface area contributed by atoms with Gasteiger partial charge in [0.05, 0.1) is 12.4 Å². The summed E-state index contributed by atoms with van der Waals surface area (Å²) in [6.45, 7) is 1.10. The van der Waals surface area contributed by atoms with Gasteiger partial charge in [-0.3, -0.25) is 4.72 Å². The molecule has 0 aliphatic carbocycles. The van der Waals surface area contributed by atoms with E-state index < -0.39 is 10.2 Å². The van der Waals surface area contributed by atoms with Crippen LogP contribution in [0, 0.1) is 0 Å². The van der Waals surface area contributed by atoms with E-state index >= 15 is 0 Å². The molecule has 1 aliphatic heterocycles. The number of aromatic nitrogens is 2. The zero-order chi connectivity index (χ0) is 11.6. The van der Waals surface area contributed by atoms with Crippen LogP contribution in [0.5, 0.6) is 0 Å². The van der Waals surface area contributed by atoms with Crippen LogP contribution >= 0.6 is 11.6 Å². The number of halogens is 1. The molecule has 0 radical (unpaired) electrons. The molecule has 1 aromatic rings. The first-order chi connectivity index (χ1) is 7.58. The molecule has 0 unspecified atom stereocenters. The maximum absolute atomic E-state index is 11.8. The zero-order valence-corrected chi connectivity index (χ0v) is 10.00. The van der Waals surface area contributed by atoms with Crippen LogP contribution in [0.25, 0.3) is 0 Å². The van der Waals surface area contributed by atoms with E-state index in [9.17, 15) is 8.42 Å². The van der Waals surface area contributed by atoms with Crippen molar-refractivity contribution in [2.24, 2.45) is 0 Å². The average Bonchev–Trinajstić information content (AvgIpc) is 2.75. The second-order valence-electron chi connectivity index (χ2n) is 3.44. The molecule has 8 heteroatoms. The minimum atomic E-state index is -3.49. The molecule has 0 atom stereocenters. The molecule has 0 spiro atoms. The van der Waals surface area contributed by atoms with Crippen molar-refractivity contribution in [1.82, 2.24) is 14.3 Å². The summed E-state index contributed by atoms with van der Waals surface area (Å²) >= 11 is 5.55. The highest BCUT2D eigenvalue weighted by Crippen LogP contribution is 2.15. The summed E-state index contributed by atoms with van der Waals surface area (Å²) in [5, 5.41) is 0.226. The molecule has 2 heterocycles. The van der Waals surface area contributed by atoms with Crippen molar-refractivity contribution in [2.75, 3.05) is 17.8 Å². The topological polar surface area (TPSA) is 75.2 Å². The Morgan fingerprint density at radius 3 is 2.50 bits per heavy atom. The van der Waals surface area contributed by atoms with E-state index in [1.54, 1.807) is 0 Å². The predicted octanol–water partition coefficient (Wildman–Crippen LogP) is 0.882. The molecule has 16 heavy (non-hydrogen) atoms. The molecular formula is C8H11ClN4O2S. The van der Waals surface area contributed by atoms with Crippen LogP contribution in [-0.4, -0.2) is 35.8 Å². The van der Waals surface area contributed by atoms with Crippen molar-refractivity contribution in [2.45, 2.75) is 12.8 Å². The molecule has 6 nitrogen and oxygen atoms in total. The highest BCUT2D eigenvalue weighted by atomic mass is 35.5. The molecule has 1 fully saturated rings. The van der Waals surface area contributed by atoms with Crippen LogP contribution in [-0.2, 0) is 10.2 Å². The Morgan fingerprint density at radius 1 is 1.25 bits per heavy atom. The Balaban J connectivity index is 2.11. The van der Waals surface area contributed by atoms with E-state index in [-0.39, 0.29) is 11.0 Å². The molecule has 1 saturated heterocycles. The number of rotatable bonds is 3. The lowest BCUT2D eigenvalue weighted by molar-refractivity contribution is 0.482. The molecule has 0 bridgehead atoms. The van der Waals surface area contributed by atoms with Gasteiger partial charge in [-0.05, 0) is 12.8 Å². The Bertz CT molecular complexity index is 455. The molecule has 1 N–H and O–H groups in total. The van der Waals surface area contributed by atoms with Gasteiger partial charge in [-0.2, -0.15) is 12.7 Å². The van der Waals surface area contributed by atoms with Gasteiger partial charge >= 0.3 is 10.2 Å². The summed E-state index contributed by atoms with van der Waals surface area (Å²) < 4.78 is 27.3. The number of anilines is 1. The van der Waals surface area contributed by atoms with Gasteiger partial charge in [-0.15, -0.1) is 0 Å². The van der Waals surface area contributed by atoms with E-state index in [1.807, 2.05) is 0 Å². The lowest BCUT2D eigenvalue weighted by Gasteiger charge is -2.15. The second-order valence-corrected chi connectivity index (χ2v) is 5.50. The van der Waals surface area contributed by atoms with Gasteiger partial charge in [0, 0.05) is 13.1 Å². The largest absolute Gasteiger partial charge is 0.302 e. The molecule has 88 valence electrons. The second kappa shape index (κ2) is 4.52. The lowest BCUT2D eigenvalue weighted by atomic mass is 10.4. The standard InChI is InChI=1S/C8H11ClN4O2S/c9-7-5-11-8(6-10-7)12-16(14,15)13-3-1-2-4-13/h5-6H,1-4H2,(H,11,12). The van der Waals surface area contributed by atoms with Gasteiger partial charge < -0.3 is 0 Å². The smallest absolute Gasteiger partial charge is 0.253 e. The number of hydrogen-bond donors (Lipinski definition) is 1. The SMILES string of the molecule is O=S(=O)(Nc1cnc(Cl)cn1)N1CCCC1. The molecule has 2 rings (SSSR count). The Kier molecular flexibility index (Phi) is 3.27. The van der Waals surface area contributed by atoms with E-state index in [0.717, 1.165) is 12.8 Å². The summed E-state index contributed by atoms with van der Waals surface area (Å²) in [7, 11) is -3.49. The molecule has 0 aromatic carbocycles. The van der Waals surface area contributed by atoms with Gasteiger partial charge in [0.25, 0.3) is 0 Å². The van der Waals surface area contributed by atoms with Crippen molar-refractivity contribution in [3.8, 4) is 0 Å². The first-order valence-electron chi connectivity index (χ1n) is 4.83. The molecule has 0 amide bonds. The zero-order valence-electron chi connectivity index (χ0n) is 8.43. The maximum atomic E-state index is 11.8. The van der Waals surface area contributed by atoms with Crippen LogP contribution in [0.2, 0.25) is 5.15 Å². The van der Waals surface area contributed by atoms with Crippen molar-refractivity contribution in [3.63, 3.8) is 0 Å². The number of hydrogen-bond acceptors (Lipinski definition) is 4. The fourth-order valence-corrected chi connectivity index (χ4v) is 2.83. The maximum Gasteiger partial charge on any atom is 0.302 e. The van der Waals surface area contributed by atoms with Crippen molar-refractivity contribution >= 4 is 27.6 Å². The minimum Gasteiger partial charge on any atom is -0.253 e. The first kappa shape index (κ1) is 11.6. The fraction of sp³-hybridized carbons (Fsp3) is 0.500. The van der Waals surface area contributed by atoms with E-state index in [2.05, 4.69) is 14.7 Å². The van der Waals surface area contributed by atoms with Gasteiger partial charge in [0.15, 0.2) is 5.82 Å².